The maximum Gasteiger partial charge on any atom is 0.171 e. The van der Waals surface area contributed by atoms with E-state index < -0.39 is 7.14 Å². The van der Waals surface area contributed by atoms with Crippen LogP contribution in [0.5, 0.6) is 0 Å². The molecule has 0 bridgehead atoms. The lowest BCUT2D eigenvalue weighted by Gasteiger charge is -2.35. The van der Waals surface area contributed by atoms with E-state index in [1.54, 1.807) is 0 Å². The van der Waals surface area contributed by atoms with Gasteiger partial charge < -0.3 is 9.46 Å². The van der Waals surface area contributed by atoms with E-state index in [0.29, 0.717) is 0 Å². The Kier molecular flexibility index (Phi) is 6.78. The fourth-order valence-corrected chi connectivity index (χ4v) is 11.0. The summed E-state index contributed by atoms with van der Waals surface area (Å²) in [7, 11) is -3.10. The van der Waals surface area contributed by atoms with Gasteiger partial charge in [-0.1, -0.05) is 145 Å². The largest absolute Gasteiger partial charge is 0.309 e. The first-order valence-electron chi connectivity index (χ1n) is 15.9. The van der Waals surface area contributed by atoms with E-state index in [1.807, 2.05) is 84.6 Å². The van der Waals surface area contributed by atoms with Crippen molar-refractivity contribution < 1.29 is 4.57 Å². The highest BCUT2D eigenvalue weighted by atomic mass is 32.2. The molecule has 0 N–H and O–H groups in total. The van der Waals surface area contributed by atoms with Crippen LogP contribution in [0, 0.1) is 0 Å². The monoisotopic (exact) mass is 639 g/mol. The summed E-state index contributed by atoms with van der Waals surface area (Å²) in [6.07, 6.45) is 5.47. The van der Waals surface area contributed by atoms with Gasteiger partial charge in [-0.3, -0.25) is 0 Å². The average Bonchev–Trinajstić information content (AvgIpc) is 3.15. The summed E-state index contributed by atoms with van der Waals surface area (Å²) < 4.78 is 15.2. The Morgan fingerprint density at radius 1 is 0.574 bits per heavy atom. The molecule has 0 saturated heterocycles. The van der Waals surface area contributed by atoms with Crippen LogP contribution >= 0.6 is 18.9 Å². The lowest BCUT2D eigenvalue weighted by Crippen LogP contribution is -2.25. The highest BCUT2D eigenvalue weighted by molar-refractivity contribution is 7.99. The van der Waals surface area contributed by atoms with Gasteiger partial charge in [0.2, 0.25) is 0 Å². The fraction of sp³-hybridized carbons (Fsp3) is 0.0233. The Labute approximate surface area is 279 Å². The molecule has 47 heavy (non-hydrogen) atoms. The Bertz CT molecular complexity index is 2340. The fourth-order valence-electron chi connectivity index (χ4n) is 7.11. The predicted molar refractivity (Wildman–Crippen MR) is 200 cm³/mol. The number of anilines is 3. The van der Waals surface area contributed by atoms with Gasteiger partial charge in [0.15, 0.2) is 7.14 Å². The molecule has 4 heteroatoms. The van der Waals surface area contributed by atoms with Gasteiger partial charge in [-0.15, -0.1) is 0 Å². The van der Waals surface area contributed by atoms with E-state index in [2.05, 4.69) is 102 Å². The van der Waals surface area contributed by atoms with Gasteiger partial charge in [-0.25, -0.2) is 0 Å². The predicted octanol–water partition coefficient (Wildman–Crippen LogP) is 10.6. The van der Waals surface area contributed by atoms with Crippen LogP contribution in [0.25, 0.3) is 28.0 Å². The minimum Gasteiger partial charge on any atom is -0.309 e. The smallest absolute Gasteiger partial charge is 0.171 e. The minimum absolute atomic E-state index is 0.833. The molecule has 1 heterocycles. The molecular formula is C43H30NOPS. The molecule has 224 valence electrons. The molecule has 0 atom stereocenters. The van der Waals surface area contributed by atoms with Crippen molar-refractivity contribution >= 4 is 68.7 Å². The van der Waals surface area contributed by atoms with E-state index >= 15 is 4.57 Å². The lowest BCUT2D eigenvalue weighted by atomic mass is 9.92. The number of nitrogens with zero attached hydrogens (tertiary/aromatic N) is 1. The molecule has 2 aliphatic rings. The van der Waals surface area contributed by atoms with Crippen LogP contribution < -0.4 is 20.8 Å². The maximum atomic E-state index is 15.2. The SMILES string of the molecule is O=P(c1ccccc1)(c1ccccc1)c1cccc(-c2ccc3c(c2)N(c2ccccc2)c2cc4cccc5c4c(c2S3)CC=C5)c1. The van der Waals surface area contributed by atoms with E-state index in [-0.39, 0.29) is 0 Å². The van der Waals surface area contributed by atoms with Crippen molar-refractivity contribution in [2.24, 2.45) is 0 Å². The summed E-state index contributed by atoms with van der Waals surface area (Å²) in [5.41, 5.74) is 8.34. The Morgan fingerprint density at radius 3 is 1.98 bits per heavy atom. The van der Waals surface area contributed by atoms with Crippen molar-refractivity contribution in [2.75, 3.05) is 4.90 Å². The third-order valence-corrected chi connectivity index (χ3v) is 13.6. The van der Waals surface area contributed by atoms with E-state index in [9.17, 15) is 0 Å². The Hall–Kier alpha value is -5.08. The molecule has 0 fully saturated rings. The minimum atomic E-state index is -3.10. The number of hydrogen-bond donors (Lipinski definition) is 0. The van der Waals surface area contributed by atoms with E-state index in [1.165, 1.54) is 37.4 Å². The third-order valence-electron chi connectivity index (χ3n) is 9.30. The molecule has 0 aromatic heterocycles. The van der Waals surface area contributed by atoms with Crippen LogP contribution in [0.3, 0.4) is 0 Å². The lowest BCUT2D eigenvalue weighted by molar-refractivity contribution is 0.592. The molecule has 1 aliphatic carbocycles. The summed E-state index contributed by atoms with van der Waals surface area (Å²) in [6, 6.07) is 54.6. The van der Waals surface area contributed by atoms with Crippen molar-refractivity contribution in [1.82, 2.24) is 0 Å². The van der Waals surface area contributed by atoms with Crippen LogP contribution in [-0.2, 0) is 11.0 Å². The van der Waals surface area contributed by atoms with Gasteiger partial charge in [-0.2, -0.15) is 0 Å². The molecule has 0 spiro atoms. The molecule has 2 nitrogen and oxygen atoms in total. The second-order valence-electron chi connectivity index (χ2n) is 12.0. The number of hydrogen-bond acceptors (Lipinski definition) is 3. The van der Waals surface area contributed by atoms with Crippen LogP contribution in [0.15, 0.2) is 174 Å². The molecule has 0 amide bonds. The second-order valence-corrected chi connectivity index (χ2v) is 15.9. The van der Waals surface area contributed by atoms with Gasteiger partial charge >= 0.3 is 0 Å². The van der Waals surface area contributed by atoms with Gasteiger partial charge in [0.05, 0.1) is 11.4 Å². The summed E-state index contributed by atoms with van der Waals surface area (Å²) in [5, 5.41) is 5.15. The summed E-state index contributed by atoms with van der Waals surface area (Å²) in [6.45, 7) is 0. The first-order valence-corrected chi connectivity index (χ1v) is 18.5. The van der Waals surface area contributed by atoms with Crippen molar-refractivity contribution in [1.29, 1.82) is 0 Å². The van der Waals surface area contributed by atoms with Gasteiger partial charge in [-0.05, 0) is 75.8 Å². The van der Waals surface area contributed by atoms with Crippen molar-refractivity contribution in [3.8, 4) is 11.1 Å². The number of allylic oxidation sites excluding steroid dienone is 1. The first-order chi connectivity index (χ1) is 23.2. The molecule has 0 saturated carbocycles. The molecule has 7 aromatic rings. The van der Waals surface area contributed by atoms with Crippen LogP contribution in [0.4, 0.5) is 17.1 Å². The van der Waals surface area contributed by atoms with Gasteiger partial charge in [0.1, 0.15) is 0 Å². The summed E-state index contributed by atoms with van der Waals surface area (Å²) in [4.78, 5) is 4.98. The number of para-hydroxylation sites is 1. The van der Waals surface area contributed by atoms with Crippen molar-refractivity contribution in [2.45, 2.75) is 16.2 Å². The molecule has 7 aromatic carbocycles. The van der Waals surface area contributed by atoms with Crippen molar-refractivity contribution in [3.05, 3.63) is 175 Å². The Morgan fingerprint density at radius 2 is 1.23 bits per heavy atom. The standard InChI is InChI=1S/C43H30NOPS/c45-46(35-19-6-2-7-20-35,36-21-8-3-9-22-36)37-23-11-15-31(27-37)32-25-26-41-39(28-32)44(34-17-4-1-5-18-34)40-29-33-16-10-13-30-14-12-24-38(42(30)33)43(40)47-41/h1-23,25-29H,24H2. The van der Waals surface area contributed by atoms with Crippen LogP contribution in [-0.4, -0.2) is 0 Å². The van der Waals surface area contributed by atoms with Gasteiger partial charge in [0.25, 0.3) is 0 Å². The topological polar surface area (TPSA) is 20.3 Å². The molecular weight excluding hydrogens is 610 g/mol. The summed E-state index contributed by atoms with van der Waals surface area (Å²) >= 11 is 1.88. The summed E-state index contributed by atoms with van der Waals surface area (Å²) in [5.74, 6) is 0. The van der Waals surface area contributed by atoms with E-state index in [0.717, 1.165) is 44.8 Å². The molecule has 0 unspecified atom stereocenters. The molecule has 1 aliphatic heterocycles. The quantitative estimate of drug-likeness (QED) is 0.175. The number of benzene rings is 7. The second kappa shape index (κ2) is 11.3. The average molecular weight is 640 g/mol. The Balaban J connectivity index is 1.21. The third kappa shape index (κ3) is 4.61. The van der Waals surface area contributed by atoms with Crippen molar-refractivity contribution in [3.63, 3.8) is 0 Å². The van der Waals surface area contributed by atoms with Crippen LogP contribution in [0.1, 0.15) is 11.1 Å². The first kappa shape index (κ1) is 28.2. The van der Waals surface area contributed by atoms with E-state index in [4.69, 9.17) is 0 Å². The molecule has 9 rings (SSSR count). The highest BCUT2D eigenvalue weighted by Gasteiger charge is 2.31. The zero-order chi connectivity index (χ0) is 31.4. The maximum absolute atomic E-state index is 15.2. The highest BCUT2D eigenvalue weighted by Crippen LogP contribution is 2.55. The van der Waals surface area contributed by atoms with Gasteiger partial charge in [0, 0.05) is 31.4 Å². The zero-order valence-electron chi connectivity index (χ0n) is 25.6. The molecule has 0 radical (unpaired) electrons. The number of fused-ring (bicyclic) bond motifs is 3. The normalized spacial score (nSPS) is 13.3. The zero-order valence-corrected chi connectivity index (χ0v) is 27.3. The number of rotatable bonds is 5. The van der Waals surface area contributed by atoms with Crippen LogP contribution in [0.2, 0.25) is 0 Å².